The van der Waals surface area contributed by atoms with Gasteiger partial charge in [-0.2, -0.15) is 0 Å². The Hall–Kier alpha value is -1.10. The molecule has 0 aliphatic heterocycles. The molecule has 0 aliphatic carbocycles. The van der Waals surface area contributed by atoms with Gasteiger partial charge in [-0.3, -0.25) is 10.1 Å². The molecule has 0 bridgehead atoms. The molecule has 1 amide bonds. The highest BCUT2D eigenvalue weighted by Gasteiger charge is 2.11. The summed E-state index contributed by atoms with van der Waals surface area (Å²) in [5, 5.41) is 6.25. The van der Waals surface area contributed by atoms with Crippen LogP contribution in [0.4, 0.5) is 0 Å². The van der Waals surface area contributed by atoms with E-state index in [1.807, 2.05) is 0 Å². The molecule has 1 aromatic rings. The molecular formula is C11H10Cl2N2OS. The fourth-order valence-electron chi connectivity index (χ4n) is 1.05. The van der Waals surface area contributed by atoms with Crippen LogP contribution in [0, 0.1) is 0 Å². The zero-order chi connectivity index (χ0) is 12.8. The van der Waals surface area contributed by atoms with E-state index in [-0.39, 0.29) is 16.0 Å². The van der Waals surface area contributed by atoms with Crippen molar-refractivity contribution >= 4 is 46.4 Å². The topological polar surface area (TPSA) is 41.1 Å². The van der Waals surface area contributed by atoms with Crippen LogP contribution in [-0.4, -0.2) is 17.6 Å². The maximum atomic E-state index is 11.8. The molecule has 0 atom stereocenters. The Morgan fingerprint density at radius 1 is 1.47 bits per heavy atom. The minimum absolute atomic E-state index is 0.223. The number of benzene rings is 1. The molecule has 0 aliphatic rings. The molecule has 0 aromatic heterocycles. The van der Waals surface area contributed by atoms with Gasteiger partial charge in [0.2, 0.25) is 0 Å². The number of thiocarbonyl (C=S) groups is 1. The first kappa shape index (κ1) is 14.0. The third kappa shape index (κ3) is 4.34. The highest BCUT2D eigenvalue weighted by Crippen LogP contribution is 2.20. The van der Waals surface area contributed by atoms with Crippen LogP contribution in [0.1, 0.15) is 10.4 Å². The van der Waals surface area contributed by atoms with E-state index in [9.17, 15) is 4.79 Å². The van der Waals surface area contributed by atoms with Crippen molar-refractivity contribution in [1.82, 2.24) is 10.6 Å². The van der Waals surface area contributed by atoms with Gasteiger partial charge < -0.3 is 5.32 Å². The summed E-state index contributed by atoms with van der Waals surface area (Å²) in [4.78, 5) is 11.8. The number of hydrogen-bond acceptors (Lipinski definition) is 2. The number of halogens is 2. The molecular weight excluding hydrogens is 279 g/mol. The van der Waals surface area contributed by atoms with Gasteiger partial charge in [0.1, 0.15) is 0 Å². The van der Waals surface area contributed by atoms with E-state index in [1.165, 1.54) is 12.1 Å². The van der Waals surface area contributed by atoms with E-state index in [0.29, 0.717) is 17.1 Å². The zero-order valence-corrected chi connectivity index (χ0v) is 11.1. The molecule has 90 valence electrons. The molecule has 1 rings (SSSR count). The molecule has 0 fully saturated rings. The molecule has 1 aromatic carbocycles. The second-order valence-electron chi connectivity index (χ2n) is 3.08. The van der Waals surface area contributed by atoms with Crippen LogP contribution in [0.15, 0.2) is 30.9 Å². The Kier molecular flexibility index (Phi) is 5.41. The first-order valence-corrected chi connectivity index (χ1v) is 5.86. The lowest BCUT2D eigenvalue weighted by molar-refractivity contribution is 0.0977. The van der Waals surface area contributed by atoms with Crippen LogP contribution in [0.2, 0.25) is 10.0 Å². The largest absolute Gasteiger partial charge is 0.359 e. The summed E-state index contributed by atoms with van der Waals surface area (Å²) in [5.41, 5.74) is 0.318. The molecule has 0 saturated carbocycles. The Balaban J connectivity index is 2.70. The van der Waals surface area contributed by atoms with Crippen molar-refractivity contribution in [2.24, 2.45) is 0 Å². The number of carbonyl (C=O) groups is 1. The van der Waals surface area contributed by atoms with Gasteiger partial charge in [-0.1, -0.05) is 29.3 Å². The van der Waals surface area contributed by atoms with Gasteiger partial charge in [0.05, 0.1) is 10.6 Å². The summed E-state index contributed by atoms with van der Waals surface area (Å²) in [7, 11) is 0. The average Bonchev–Trinajstić information content (AvgIpc) is 2.26. The van der Waals surface area contributed by atoms with E-state index < -0.39 is 0 Å². The smallest absolute Gasteiger partial charge is 0.258 e. The summed E-state index contributed by atoms with van der Waals surface area (Å²) in [6.07, 6.45) is 1.63. The molecule has 6 heteroatoms. The van der Waals surface area contributed by atoms with Crippen molar-refractivity contribution in [1.29, 1.82) is 0 Å². The molecule has 0 saturated heterocycles. The fraction of sp³-hybridized carbons (Fsp3) is 0.0909. The SMILES string of the molecule is C=CCNC(=S)NC(=O)c1ccc(Cl)cc1Cl. The van der Waals surface area contributed by atoms with Gasteiger partial charge in [0.25, 0.3) is 5.91 Å². The first-order chi connectivity index (χ1) is 8.04. The summed E-state index contributed by atoms with van der Waals surface area (Å²) in [6, 6.07) is 4.62. The number of nitrogens with one attached hydrogen (secondary N) is 2. The summed E-state index contributed by atoms with van der Waals surface area (Å²) in [5.74, 6) is -0.381. The van der Waals surface area contributed by atoms with Crippen molar-refractivity contribution < 1.29 is 4.79 Å². The maximum Gasteiger partial charge on any atom is 0.258 e. The van der Waals surface area contributed by atoms with Gasteiger partial charge in [-0.15, -0.1) is 6.58 Å². The van der Waals surface area contributed by atoms with Crippen molar-refractivity contribution in [2.75, 3.05) is 6.54 Å². The lowest BCUT2D eigenvalue weighted by Crippen LogP contribution is -2.39. The molecule has 0 spiro atoms. The predicted molar refractivity (Wildman–Crippen MR) is 74.7 cm³/mol. The van der Waals surface area contributed by atoms with Gasteiger partial charge >= 0.3 is 0 Å². The standard InChI is InChI=1S/C11H10Cl2N2OS/c1-2-5-14-11(17)15-10(16)8-4-3-7(12)6-9(8)13/h2-4,6H,1,5H2,(H2,14,15,16,17). The molecule has 3 nitrogen and oxygen atoms in total. The highest BCUT2D eigenvalue weighted by molar-refractivity contribution is 7.80. The van der Waals surface area contributed by atoms with Gasteiger partial charge in [0, 0.05) is 11.6 Å². The lowest BCUT2D eigenvalue weighted by Gasteiger charge is -2.08. The third-order valence-electron chi connectivity index (χ3n) is 1.81. The summed E-state index contributed by atoms with van der Waals surface area (Å²) >= 11 is 16.5. The van der Waals surface area contributed by atoms with Crippen LogP contribution in [0.5, 0.6) is 0 Å². The Morgan fingerprint density at radius 3 is 2.76 bits per heavy atom. The van der Waals surface area contributed by atoms with Crippen LogP contribution in [0.25, 0.3) is 0 Å². The Labute approximate surface area is 115 Å². The molecule has 0 unspecified atom stereocenters. The normalized spacial score (nSPS) is 9.53. The van der Waals surface area contributed by atoms with E-state index in [4.69, 9.17) is 35.4 Å². The first-order valence-electron chi connectivity index (χ1n) is 4.69. The van der Waals surface area contributed by atoms with Gasteiger partial charge in [0.15, 0.2) is 5.11 Å². The van der Waals surface area contributed by atoms with Gasteiger partial charge in [-0.05, 0) is 30.4 Å². The second kappa shape index (κ2) is 6.59. The fourth-order valence-corrected chi connectivity index (χ4v) is 1.72. The van der Waals surface area contributed by atoms with Crippen LogP contribution in [-0.2, 0) is 0 Å². The molecule has 0 heterocycles. The Bertz CT molecular complexity index is 463. The minimum atomic E-state index is -0.381. The lowest BCUT2D eigenvalue weighted by atomic mass is 10.2. The van der Waals surface area contributed by atoms with E-state index in [0.717, 1.165) is 0 Å². The average molecular weight is 289 g/mol. The van der Waals surface area contributed by atoms with Gasteiger partial charge in [-0.25, -0.2) is 0 Å². The van der Waals surface area contributed by atoms with Crippen molar-refractivity contribution in [3.8, 4) is 0 Å². The van der Waals surface area contributed by atoms with E-state index in [2.05, 4.69) is 17.2 Å². The predicted octanol–water partition coefficient (Wildman–Crippen LogP) is 2.78. The monoisotopic (exact) mass is 288 g/mol. The number of hydrogen-bond donors (Lipinski definition) is 2. The molecule has 17 heavy (non-hydrogen) atoms. The Morgan fingerprint density at radius 2 is 2.18 bits per heavy atom. The van der Waals surface area contributed by atoms with Crippen molar-refractivity contribution in [2.45, 2.75) is 0 Å². The third-order valence-corrected chi connectivity index (χ3v) is 2.60. The summed E-state index contributed by atoms with van der Waals surface area (Å²) < 4.78 is 0. The van der Waals surface area contributed by atoms with Crippen molar-refractivity contribution in [3.63, 3.8) is 0 Å². The highest BCUT2D eigenvalue weighted by atomic mass is 35.5. The minimum Gasteiger partial charge on any atom is -0.359 e. The van der Waals surface area contributed by atoms with E-state index in [1.54, 1.807) is 12.1 Å². The van der Waals surface area contributed by atoms with Crippen molar-refractivity contribution in [3.05, 3.63) is 46.5 Å². The quantitative estimate of drug-likeness (QED) is 0.664. The molecule has 0 radical (unpaired) electrons. The number of rotatable bonds is 3. The zero-order valence-electron chi connectivity index (χ0n) is 8.80. The van der Waals surface area contributed by atoms with E-state index >= 15 is 0 Å². The number of amides is 1. The summed E-state index contributed by atoms with van der Waals surface area (Å²) in [6.45, 7) is 4.00. The van der Waals surface area contributed by atoms with Crippen LogP contribution < -0.4 is 10.6 Å². The molecule has 2 N–H and O–H groups in total. The van der Waals surface area contributed by atoms with Crippen LogP contribution in [0.3, 0.4) is 0 Å². The second-order valence-corrected chi connectivity index (χ2v) is 4.33. The number of carbonyl (C=O) groups excluding carboxylic acids is 1. The van der Waals surface area contributed by atoms with Crippen LogP contribution >= 0.6 is 35.4 Å². The maximum absolute atomic E-state index is 11.8.